The number of hydrogen-bond donors (Lipinski definition) is 1. The quantitative estimate of drug-likeness (QED) is 0.776. The Morgan fingerprint density at radius 2 is 2.22 bits per heavy atom. The second-order valence-electron chi connectivity index (χ2n) is 3.59. The van der Waals surface area contributed by atoms with E-state index >= 15 is 0 Å². The summed E-state index contributed by atoms with van der Waals surface area (Å²) in [5.74, 6) is 0.866. The van der Waals surface area contributed by atoms with E-state index in [2.05, 4.69) is 15.3 Å². The van der Waals surface area contributed by atoms with E-state index in [1.165, 1.54) is 13.8 Å². The third-order valence-corrected chi connectivity index (χ3v) is 3.07. The molecule has 2 heterocycles. The van der Waals surface area contributed by atoms with Gasteiger partial charge in [0, 0.05) is 32.2 Å². The van der Waals surface area contributed by atoms with Crippen LogP contribution in [0.15, 0.2) is 16.2 Å². The zero-order valence-electron chi connectivity index (χ0n) is 9.97. The average Bonchev–Trinajstić information content (AvgIpc) is 2.63. The van der Waals surface area contributed by atoms with Crippen molar-refractivity contribution in [3.8, 4) is 0 Å². The predicted octanol–water partition coefficient (Wildman–Crippen LogP) is 0.816. The molecule has 0 unspecified atom stereocenters. The molecule has 0 saturated heterocycles. The van der Waals surface area contributed by atoms with Gasteiger partial charge in [0.2, 0.25) is 11.8 Å². The molecule has 0 atom stereocenters. The van der Waals surface area contributed by atoms with Gasteiger partial charge in [-0.25, -0.2) is 4.98 Å². The van der Waals surface area contributed by atoms with Crippen molar-refractivity contribution in [2.45, 2.75) is 25.5 Å². The summed E-state index contributed by atoms with van der Waals surface area (Å²) in [4.78, 5) is 30.2. The highest BCUT2D eigenvalue weighted by molar-refractivity contribution is 7.99. The number of hydrogen-bond acceptors (Lipinski definition) is 4. The van der Waals surface area contributed by atoms with Gasteiger partial charge in [-0.15, -0.1) is 12.4 Å². The van der Waals surface area contributed by atoms with Crippen molar-refractivity contribution >= 4 is 41.8 Å². The van der Waals surface area contributed by atoms with Crippen LogP contribution in [0.2, 0.25) is 0 Å². The fraction of sp³-hybridized carbons (Fsp3) is 0.400. The number of rotatable bonds is 1. The molecule has 1 N–H and O–H groups in total. The second kappa shape index (κ2) is 6.01. The van der Waals surface area contributed by atoms with Crippen LogP contribution in [0.1, 0.15) is 13.8 Å². The minimum atomic E-state index is -0.267. The number of fused-ring (bicyclic) bond motifs is 1. The lowest BCUT2D eigenvalue weighted by Crippen LogP contribution is -2.24. The van der Waals surface area contributed by atoms with Crippen molar-refractivity contribution in [3.05, 3.63) is 11.6 Å². The van der Waals surface area contributed by atoms with Gasteiger partial charge in [-0.1, -0.05) is 11.8 Å². The predicted molar refractivity (Wildman–Crippen MR) is 70.7 cm³/mol. The topological polar surface area (TPSA) is 76.3 Å². The van der Waals surface area contributed by atoms with Crippen molar-refractivity contribution in [2.24, 2.45) is 4.99 Å². The van der Waals surface area contributed by atoms with E-state index in [0.29, 0.717) is 11.3 Å². The first-order valence-electron chi connectivity index (χ1n) is 5.14. The van der Waals surface area contributed by atoms with Crippen molar-refractivity contribution in [1.29, 1.82) is 0 Å². The molecule has 1 aromatic heterocycles. The van der Waals surface area contributed by atoms with Gasteiger partial charge >= 0.3 is 0 Å². The summed E-state index contributed by atoms with van der Waals surface area (Å²) in [5, 5.41) is 3.37. The van der Waals surface area contributed by atoms with Gasteiger partial charge in [0.25, 0.3) is 0 Å². The number of nitrogens with one attached hydrogen (secondary N) is 1. The monoisotopic (exact) mass is 288 g/mol. The van der Waals surface area contributed by atoms with Gasteiger partial charge < -0.3 is 9.88 Å². The molecule has 0 spiro atoms. The Labute approximate surface area is 114 Å². The van der Waals surface area contributed by atoms with E-state index < -0.39 is 0 Å². The minimum absolute atomic E-state index is 0. The fourth-order valence-corrected chi connectivity index (χ4v) is 2.50. The number of halogens is 1. The summed E-state index contributed by atoms with van der Waals surface area (Å²) in [6, 6.07) is 1.61. The molecule has 0 bridgehead atoms. The van der Waals surface area contributed by atoms with Crippen molar-refractivity contribution in [2.75, 3.05) is 11.1 Å². The molecule has 0 radical (unpaired) electrons. The number of anilines is 1. The first-order valence-corrected chi connectivity index (χ1v) is 6.12. The van der Waals surface area contributed by atoms with Crippen molar-refractivity contribution in [1.82, 2.24) is 9.55 Å². The van der Waals surface area contributed by atoms with Crippen LogP contribution in [0.25, 0.3) is 0 Å². The van der Waals surface area contributed by atoms with Gasteiger partial charge in [-0.2, -0.15) is 4.99 Å². The lowest BCUT2D eigenvalue weighted by molar-refractivity contribution is -0.116. The van der Waals surface area contributed by atoms with Gasteiger partial charge in [-0.05, 0) is 0 Å². The lowest BCUT2D eigenvalue weighted by Gasteiger charge is -2.06. The normalized spacial score (nSPS) is 13.8. The Morgan fingerprint density at radius 1 is 1.50 bits per heavy atom. The Bertz CT molecular complexity index is 555. The zero-order valence-corrected chi connectivity index (χ0v) is 11.6. The Kier molecular flexibility index (Phi) is 4.92. The molecular weight excluding hydrogens is 276 g/mol. The number of carbonyl (C=O) groups excluding carboxylic acids is 2. The maximum absolute atomic E-state index is 11.1. The van der Waals surface area contributed by atoms with Gasteiger partial charge in [0.05, 0.1) is 0 Å². The molecule has 1 aliphatic heterocycles. The number of amides is 2. The molecule has 8 heteroatoms. The third kappa shape index (κ3) is 3.33. The molecule has 0 aliphatic carbocycles. The second-order valence-corrected chi connectivity index (χ2v) is 4.66. The Morgan fingerprint density at radius 3 is 2.83 bits per heavy atom. The van der Waals surface area contributed by atoms with E-state index in [4.69, 9.17) is 0 Å². The van der Waals surface area contributed by atoms with Crippen LogP contribution < -0.4 is 10.8 Å². The van der Waals surface area contributed by atoms with Gasteiger partial charge in [0.15, 0.2) is 5.16 Å². The zero-order chi connectivity index (χ0) is 12.4. The van der Waals surface area contributed by atoms with Crippen LogP contribution in [0.4, 0.5) is 5.82 Å². The highest BCUT2D eigenvalue weighted by atomic mass is 35.5. The summed E-state index contributed by atoms with van der Waals surface area (Å²) in [7, 11) is 0. The largest absolute Gasteiger partial charge is 0.311 e. The standard InChI is InChI=1S/C10H12N4O2S.ClH/c1-6(15)11-8-5-9(12-7(2)16)14-3-4-17-10(14)13-8;/h5H,3-4H2,1-2H3,(H,11,15);1H. The van der Waals surface area contributed by atoms with E-state index in [1.807, 2.05) is 4.57 Å². The number of carbonyl (C=O) groups is 2. The SMILES string of the molecule is CC(=O)N=c1cc(NC(C)=O)nc2n1CCS2.Cl. The molecule has 1 aliphatic rings. The summed E-state index contributed by atoms with van der Waals surface area (Å²) >= 11 is 1.58. The smallest absolute Gasteiger partial charge is 0.244 e. The summed E-state index contributed by atoms with van der Waals surface area (Å²) < 4.78 is 1.87. The average molecular weight is 289 g/mol. The minimum Gasteiger partial charge on any atom is -0.311 e. The Balaban J connectivity index is 0.00000162. The maximum atomic E-state index is 11.1. The van der Waals surface area contributed by atoms with Gasteiger partial charge in [-0.3, -0.25) is 9.59 Å². The van der Waals surface area contributed by atoms with Crippen LogP contribution >= 0.6 is 24.2 Å². The molecule has 2 amide bonds. The fourth-order valence-electron chi connectivity index (χ4n) is 1.54. The lowest BCUT2D eigenvalue weighted by atomic mass is 10.5. The molecule has 0 saturated carbocycles. The molecule has 98 valence electrons. The van der Waals surface area contributed by atoms with Crippen LogP contribution in [0.5, 0.6) is 0 Å². The number of nitrogens with zero attached hydrogens (tertiary/aromatic N) is 3. The van der Waals surface area contributed by atoms with E-state index in [0.717, 1.165) is 17.5 Å². The van der Waals surface area contributed by atoms with Crippen LogP contribution in [-0.2, 0) is 16.1 Å². The van der Waals surface area contributed by atoms with Gasteiger partial charge in [0.1, 0.15) is 11.3 Å². The highest BCUT2D eigenvalue weighted by Crippen LogP contribution is 2.22. The highest BCUT2D eigenvalue weighted by Gasteiger charge is 2.14. The number of aromatic nitrogens is 2. The summed E-state index contributed by atoms with van der Waals surface area (Å²) in [5.41, 5.74) is 0.538. The summed E-state index contributed by atoms with van der Waals surface area (Å²) in [6.45, 7) is 3.59. The molecule has 18 heavy (non-hydrogen) atoms. The van der Waals surface area contributed by atoms with E-state index in [-0.39, 0.29) is 24.2 Å². The number of thioether (sulfide) groups is 1. The van der Waals surface area contributed by atoms with Crippen LogP contribution in [-0.4, -0.2) is 27.1 Å². The van der Waals surface area contributed by atoms with Crippen LogP contribution in [0.3, 0.4) is 0 Å². The molecule has 0 fully saturated rings. The van der Waals surface area contributed by atoms with Crippen molar-refractivity contribution in [3.63, 3.8) is 0 Å². The molecule has 0 aromatic carbocycles. The molecule has 2 rings (SSSR count). The maximum Gasteiger partial charge on any atom is 0.244 e. The first-order chi connectivity index (χ1) is 8.06. The van der Waals surface area contributed by atoms with Crippen LogP contribution in [0, 0.1) is 0 Å². The third-order valence-electron chi connectivity index (χ3n) is 2.11. The van der Waals surface area contributed by atoms with E-state index in [9.17, 15) is 9.59 Å². The van der Waals surface area contributed by atoms with E-state index in [1.54, 1.807) is 17.8 Å². The summed E-state index contributed by atoms with van der Waals surface area (Å²) in [6.07, 6.45) is 0. The molecule has 1 aromatic rings. The first kappa shape index (κ1) is 14.7. The Hall–Kier alpha value is -1.34. The molecular formula is C10H13ClN4O2S. The van der Waals surface area contributed by atoms with Crippen molar-refractivity contribution < 1.29 is 9.59 Å². The molecule has 6 nitrogen and oxygen atoms in total.